The van der Waals surface area contributed by atoms with Gasteiger partial charge in [-0.25, -0.2) is 9.59 Å². The van der Waals surface area contributed by atoms with Crippen molar-refractivity contribution in [3.63, 3.8) is 0 Å². The highest BCUT2D eigenvalue weighted by Crippen LogP contribution is 2.06. The van der Waals surface area contributed by atoms with E-state index in [1.807, 2.05) is 37.3 Å². The van der Waals surface area contributed by atoms with Gasteiger partial charge in [0.05, 0.1) is 5.69 Å². The Morgan fingerprint density at radius 3 is 2.61 bits per heavy atom. The van der Waals surface area contributed by atoms with Crippen molar-refractivity contribution in [3.05, 3.63) is 53.3 Å². The molecule has 1 heterocycles. The molecule has 0 radical (unpaired) electrons. The van der Waals surface area contributed by atoms with Gasteiger partial charge in [0, 0.05) is 19.2 Å². The second-order valence-corrected chi connectivity index (χ2v) is 5.20. The van der Waals surface area contributed by atoms with Crippen LogP contribution in [0.3, 0.4) is 0 Å². The van der Waals surface area contributed by atoms with Gasteiger partial charge in [-0.05, 0) is 18.6 Å². The van der Waals surface area contributed by atoms with Gasteiger partial charge in [-0.1, -0.05) is 30.3 Å². The fourth-order valence-electron chi connectivity index (χ4n) is 2.05. The second-order valence-electron chi connectivity index (χ2n) is 5.20. The number of hydrogen-bond donors (Lipinski definition) is 2. The van der Waals surface area contributed by atoms with Crippen molar-refractivity contribution in [3.8, 4) is 0 Å². The van der Waals surface area contributed by atoms with E-state index in [1.165, 1.54) is 0 Å². The zero-order valence-electron chi connectivity index (χ0n) is 13.0. The van der Waals surface area contributed by atoms with Crippen LogP contribution in [0.5, 0.6) is 0 Å². The summed E-state index contributed by atoms with van der Waals surface area (Å²) in [5.41, 5.74) is 2.34. The molecule has 1 aromatic carbocycles. The summed E-state index contributed by atoms with van der Waals surface area (Å²) in [6.45, 7) is 1.95. The number of nitrogens with one attached hydrogen (secondary N) is 1. The predicted molar refractivity (Wildman–Crippen MR) is 82.8 cm³/mol. The third-order valence-electron chi connectivity index (χ3n) is 3.38. The van der Waals surface area contributed by atoms with Crippen LogP contribution >= 0.6 is 0 Å². The molecule has 1 amide bonds. The van der Waals surface area contributed by atoms with E-state index < -0.39 is 18.1 Å². The highest BCUT2D eigenvalue weighted by molar-refractivity contribution is 5.80. The van der Waals surface area contributed by atoms with Crippen LogP contribution in [-0.2, 0) is 29.6 Å². The highest BCUT2D eigenvalue weighted by Gasteiger charge is 2.22. The Morgan fingerprint density at radius 1 is 1.35 bits per heavy atom. The van der Waals surface area contributed by atoms with Crippen molar-refractivity contribution in [2.75, 3.05) is 0 Å². The van der Waals surface area contributed by atoms with E-state index in [0.717, 1.165) is 11.3 Å². The summed E-state index contributed by atoms with van der Waals surface area (Å²) in [4.78, 5) is 23.1. The molecule has 0 spiro atoms. The van der Waals surface area contributed by atoms with Gasteiger partial charge in [0.25, 0.3) is 0 Å². The molecule has 0 aliphatic heterocycles. The molecule has 0 saturated carbocycles. The Hall–Kier alpha value is -2.83. The lowest BCUT2D eigenvalue weighted by Gasteiger charge is -2.13. The molecule has 2 aromatic rings. The number of alkyl carbamates (subject to hydrolysis) is 1. The molecule has 7 heteroatoms. The number of aliphatic carboxylic acids is 1. The minimum Gasteiger partial charge on any atom is -0.480 e. The summed E-state index contributed by atoms with van der Waals surface area (Å²) in [7, 11) is 1.77. The smallest absolute Gasteiger partial charge is 0.408 e. The molecule has 0 aliphatic carbocycles. The van der Waals surface area contributed by atoms with Crippen LogP contribution in [0.1, 0.15) is 17.0 Å². The van der Waals surface area contributed by atoms with E-state index in [9.17, 15) is 14.7 Å². The molecule has 2 N–H and O–H groups in total. The van der Waals surface area contributed by atoms with Crippen LogP contribution in [0.4, 0.5) is 4.79 Å². The number of ether oxygens (including phenoxy) is 1. The lowest BCUT2D eigenvalue weighted by atomic mass is 10.1. The number of carboxylic acids is 1. The van der Waals surface area contributed by atoms with Crippen molar-refractivity contribution >= 4 is 12.1 Å². The molecule has 2 rings (SSSR count). The number of amides is 1. The Morgan fingerprint density at radius 2 is 2.04 bits per heavy atom. The van der Waals surface area contributed by atoms with E-state index in [4.69, 9.17) is 4.74 Å². The normalized spacial score (nSPS) is 11.7. The number of carbonyl (C=O) groups excluding carboxylic acids is 1. The fraction of sp³-hybridized carbons (Fsp3) is 0.312. The van der Waals surface area contributed by atoms with Crippen molar-refractivity contribution < 1.29 is 19.4 Å². The zero-order valence-corrected chi connectivity index (χ0v) is 13.0. The molecule has 23 heavy (non-hydrogen) atoms. The fourth-order valence-corrected chi connectivity index (χ4v) is 2.05. The molecule has 0 fully saturated rings. The largest absolute Gasteiger partial charge is 0.480 e. The summed E-state index contributed by atoms with van der Waals surface area (Å²) in [6.07, 6.45) is -0.675. The number of carbonyl (C=O) groups is 2. The van der Waals surface area contributed by atoms with Gasteiger partial charge in [0.2, 0.25) is 0 Å². The summed E-state index contributed by atoms with van der Waals surface area (Å²) < 4.78 is 6.69. The summed E-state index contributed by atoms with van der Waals surface area (Å²) in [5.74, 6) is -1.13. The van der Waals surface area contributed by atoms with E-state index in [1.54, 1.807) is 17.8 Å². The molecule has 0 aliphatic rings. The van der Waals surface area contributed by atoms with Crippen LogP contribution in [-0.4, -0.2) is 33.0 Å². The standard InChI is InChI=1S/C16H19N3O4/c1-11-8-13(18-19(11)2)9-14(15(20)21)17-16(22)23-10-12-6-4-3-5-7-12/h3-8,14H,9-10H2,1-2H3,(H,17,22)(H,20,21). The van der Waals surface area contributed by atoms with E-state index in [2.05, 4.69) is 10.4 Å². The lowest BCUT2D eigenvalue weighted by molar-refractivity contribution is -0.139. The van der Waals surface area contributed by atoms with Gasteiger partial charge < -0.3 is 15.2 Å². The van der Waals surface area contributed by atoms with Gasteiger partial charge in [0.15, 0.2) is 0 Å². The van der Waals surface area contributed by atoms with Gasteiger partial charge in [0.1, 0.15) is 12.6 Å². The summed E-state index contributed by atoms with van der Waals surface area (Å²) in [6, 6.07) is 9.86. The third kappa shape index (κ3) is 4.84. The quantitative estimate of drug-likeness (QED) is 0.845. The first-order chi connectivity index (χ1) is 11.0. The minimum absolute atomic E-state index is 0.0850. The maximum Gasteiger partial charge on any atom is 0.408 e. The molecule has 122 valence electrons. The highest BCUT2D eigenvalue weighted by atomic mass is 16.5. The van der Waals surface area contributed by atoms with Crippen LogP contribution in [0, 0.1) is 6.92 Å². The number of benzene rings is 1. The Balaban J connectivity index is 1.91. The average Bonchev–Trinajstić information content (AvgIpc) is 2.83. The van der Waals surface area contributed by atoms with Crippen molar-refractivity contribution in [1.82, 2.24) is 15.1 Å². The topological polar surface area (TPSA) is 93.4 Å². The van der Waals surface area contributed by atoms with E-state index in [-0.39, 0.29) is 13.0 Å². The first kappa shape index (κ1) is 16.5. The first-order valence-electron chi connectivity index (χ1n) is 7.15. The van der Waals surface area contributed by atoms with Gasteiger partial charge in [-0.15, -0.1) is 0 Å². The first-order valence-corrected chi connectivity index (χ1v) is 7.15. The number of hydrogen-bond acceptors (Lipinski definition) is 4. The zero-order chi connectivity index (χ0) is 16.8. The third-order valence-corrected chi connectivity index (χ3v) is 3.38. The minimum atomic E-state index is -1.13. The number of nitrogens with zero attached hydrogens (tertiary/aromatic N) is 2. The molecule has 0 saturated heterocycles. The van der Waals surface area contributed by atoms with Gasteiger partial charge >= 0.3 is 12.1 Å². The van der Waals surface area contributed by atoms with Crippen LogP contribution in [0.25, 0.3) is 0 Å². The monoisotopic (exact) mass is 317 g/mol. The van der Waals surface area contributed by atoms with Gasteiger partial charge in [-0.2, -0.15) is 5.10 Å². The second kappa shape index (κ2) is 7.44. The number of carboxylic acid groups (broad SMARTS) is 1. The SMILES string of the molecule is Cc1cc(CC(NC(=O)OCc2ccccc2)C(=O)O)nn1C. The number of rotatable bonds is 6. The van der Waals surface area contributed by atoms with Crippen molar-refractivity contribution in [1.29, 1.82) is 0 Å². The molecular formula is C16H19N3O4. The predicted octanol–water partition coefficient (Wildman–Crippen LogP) is 1.65. The van der Waals surface area contributed by atoms with Gasteiger partial charge in [-0.3, -0.25) is 4.68 Å². The Kier molecular flexibility index (Phi) is 5.35. The lowest BCUT2D eigenvalue weighted by Crippen LogP contribution is -2.42. The molecular weight excluding hydrogens is 298 g/mol. The maximum absolute atomic E-state index is 11.8. The van der Waals surface area contributed by atoms with Crippen molar-refractivity contribution in [2.24, 2.45) is 7.05 Å². The van der Waals surface area contributed by atoms with E-state index in [0.29, 0.717) is 5.69 Å². The molecule has 1 atom stereocenters. The molecule has 1 unspecified atom stereocenters. The molecule has 0 bridgehead atoms. The summed E-state index contributed by atoms with van der Waals surface area (Å²) >= 11 is 0. The van der Waals surface area contributed by atoms with Crippen molar-refractivity contribution in [2.45, 2.75) is 26.0 Å². The van der Waals surface area contributed by atoms with Crippen LogP contribution in [0.15, 0.2) is 36.4 Å². The van der Waals surface area contributed by atoms with Crippen LogP contribution < -0.4 is 5.32 Å². The van der Waals surface area contributed by atoms with Crippen LogP contribution in [0.2, 0.25) is 0 Å². The Labute approximate surface area is 133 Å². The maximum atomic E-state index is 11.8. The Bertz CT molecular complexity index is 662. The summed E-state index contributed by atoms with van der Waals surface area (Å²) in [5, 5.41) is 15.8. The number of aryl methyl sites for hydroxylation is 2. The molecule has 7 nitrogen and oxygen atoms in total. The van der Waals surface area contributed by atoms with E-state index >= 15 is 0 Å². The molecule has 1 aromatic heterocycles. The average molecular weight is 317 g/mol. The number of aromatic nitrogens is 2.